The van der Waals surface area contributed by atoms with Crippen LogP contribution in [0.25, 0.3) is 0 Å². The summed E-state index contributed by atoms with van der Waals surface area (Å²) < 4.78 is 13.1. The van der Waals surface area contributed by atoms with Crippen LogP contribution in [0.1, 0.15) is 0 Å². The van der Waals surface area contributed by atoms with Gasteiger partial charge in [-0.3, -0.25) is 0 Å². The Balaban J connectivity index is 3.58. The van der Waals surface area contributed by atoms with Gasteiger partial charge in [-0.05, 0) is 0 Å². The van der Waals surface area contributed by atoms with Gasteiger partial charge in [-0.15, -0.1) is 0 Å². The van der Waals surface area contributed by atoms with E-state index in [0.29, 0.717) is 0 Å². The second-order valence-corrected chi connectivity index (χ2v) is 3.34. The fourth-order valence-corrected chi connectivity index (χ4v) is 0.750. The largest absolute Gasteiger partial charge is 0.706 e. The number of hydrogen-bond donors (Lipinski definition) is 0. The van der Waals surface area contributed by atoms with E-state index >= 15 is 0 Å². The van der Waals surface area contributed by atoms with E-state index in [-0.39, 0.29) is 0 Å². The minimum Gasteiger partial charge on any atom is -0.353 e. The molecule has 0 bridgehead atoms. The Morgan fingerprint density at radius 3 is 1.25 bits per heavy atom. The maximum atomic E-state index is 10.7. The first-order valence-corrected chi connectivity index (χ1v) is 3.67. The van der Waals surface area contributed by atoms with E-state index in [1.807, 2.05) is 0 Å². The summed E-state index contributed by atoms with van der Waals surface area (Å²) in [4.78, 5) is 10.7. The lowest BCUT2D eigenvalue weighted by Crippen LogP contribution is -2.41. The van der Waals surface area contributed by atoms with E-state index < -0.39 is 9.05 Å². The first-order chi connectivity index (χ1) is 3.68. The van der Waals surface area contributed by atoms with Crippen LogP contribution in [0.5, 0.6) is 0 Å². The van der Waals surface area contributed by atoms with Crippen LogP contribution in [0.4, 0.5) is 0 Å². The van der Waals surface area contributed by atoms with Crippen LogP contribution in [-0.4, -0.2) is 30.4 Å². The first-order valence-electron chi connectivity index (χ1n) is 2.04. The summed E-state index contributed by atoms with van der Waals surface area (Å²) in [6, 6.07) is 0. The summed E-state index contributed by atoms with van der Waals surface area (Å²) in [5.74, 6) is 0. The lowest BCUT2D eigenvalue weighted by molar-refractivity contribution is 0.0159. The van der Waals surface area contributed by atoms with Gasteiger partial charge in [0.1, 0.15) is 0 Å². The molecule has 0 aliphatic rings. The molecule has 0 fully saturated rings. The minimum absolute atomic E-state index is 1.27. The molecule has 0 aromatic rings. The van der Waals surface area contributed by atoms with Gasteiger partial charge in [0.15, 0.2) is 0 Å². The van der Waals surface area contributed by atoms with Gasteiger partial charge in [0, 0.05) is 21.3 Å². The zero-order valence-electron chi connectivity index (χ0n) is 5.13. The third kappa shape index (κ3) is 1.89. The first kappa shape index (κ1) is 8.06. The van der Waals surface area contributed by atoms with E-state index in [9.17, 15) is 4.80 Å². The lowest BCUT2D eigenvalue weighted by Gasteiger charge is -2.12. The Morgan fingerprint density at radius 2 is 1.25 bits per heavy atom. The maximum absolute atomic E-state index is 10.7. The highest BCUT2D eigenvalue weighted by atomic mass is 28.4. The van der Waals surface area contributed by atoms with Crippen LogP contribution in [0, 0.1) is 0 Å². The van der Waals surface area contributed by atoms with E-state index in [1.165, 1.54) is 21.3 Å². The summed E-state index contributed by atoms with van der Waals surface area (Å²) in [7, 11) is 0.389. The maximum Gasteiger partial charge on any atom is 0.706 e. The third-order valence-electron chi connectivity index (χ3n) is 0.750. The van der Waals surface area contributed by atoms with E-state index in [4.69, 9.17) is 0 Å². The van der Waals surface area contributed by atoms with Crippen molar-refractivity contribution in [3.63, 3.8) is 0 Å². The number of rotatable bonds is 3. The molecule has 49 valence electrons. The molecule has 8 heavy (non-hydrogen) atoms. The SMILES string of the molecule is CO[Si]([O])(OC)OC. The van der Waals surface area contributed by atoms with Gasteiger partial charge in [0.25, 0.3) is 0 Å². The molecule has 0 aromatic heterocycles. The molecule has 0 heterocycles. The van der Waals surface area contributed by atoms with Crippen molar-refractivity contribution in [2.24, 2.45) is 0 Å². The van der Waals surface area contributed by atoms with Crippen LogP contribution in [-0.2, 0) is 18.1 Å². The molecule has 0 saturated heterocycles. The van der Waals surface area contributed by atoms with Gasteiger partial charge in [-0.1, -0.05) is 0 Å². The molecule has 0 amide bonds. The Morgan fingerprint density at radius 1 is 1.00 bits per heavy atom. The molecule has 0 rings (SSSR count). The van der Waals surface area contributed by atoms with E-state index in [1.54, 1.807) is 0 Å². The Labute approximate surface area is 49.5 Å². The van der Waals surface area contributed by atoms with Crippen molar-refractivity contribution in [3.05, 3.63) is 0 Å². The summed E-state index contributed by atoms with van der Waals surface area (Å²) in [6.07, 6.45) is 0. The normalized spacial score (nSPS) is 12.0. The molecule has 0 unspecified atom stereocenters. The molecule has 0 saturated carbocycles. The minimum atomic E-state index is -3.42. The second-order valence-electron chi connectivity index (χ2n) is 1.11. The third-order valence-corrected chi connectivity index (χ3v) is 2.25. The van der Waals surface area contributed by atoms with Crippen molar-refractivity contribution in [1.82, 2.24) is 0 Å². The molecule has 0 aliphatic heterocycles. The van der Waals surface area contributed by atoms with Crippen molar-refractivity contribution in [2.75, 3.05) is 21.3 Å². The zero-order chi connectivity index (χ0) is 6.62. The Hall–Kier alpha value is 0.0569. The molecule has 0 N–H and O–H groups in total. The number of hydrogen-bond acceptors (Lipinski definition) is 3. The molecule has 0 spiro atoms. The average Bonchev–Trinajstić information content (AvgIpc) is 1.87. The molecule has 0 atom stereocenters. The zero-order valence-corrected chi connectivity index (χ0v) is 6.13. The quantitative estimate of drug-likeness (QED) is 0.506. The van der Waals surface area contributed by atoms with Crippen molar-refractivity contribution >= 4 is 9.05 Å². The molecule has 1 radical (unpaired) electrons. The molecular weight excluding hydrogens is 128 g/mol. The summed E-state index contributed by atoms with van der Waals surface area (Å²) >= 11 is 0. The van der Waals surface area contributed by atoms with Gasteiger partial charge in [0.05, 0.1) is 0 Å². The van der Waals surface area contributed by atoms with Crippen molar-refractivity contribution < 1.29 is 18.1 Å². The van der Waals surface area contributed by atoms with Crippen LogP contribution < -0.4 is 0 Å². The highest BCUT2D eigenvalue weighted by Crippen LogP contribution is 1.98. The van der Waals surface area contributed by atoms with Gasteiger partial charge in [0.2, 0.25) is 0 Å². The standard InChI is InChI=1S/C3H9O4Si/c1-5-8(4,6-2)7-3/h1-3H3. The van der Waals surface area contributed by atoms with Crippen molar-refractivity contribution in [2.45, 2.75) is 0 Å². The van der Waals surface area contributed by atoms with E-state index in [2.05, 4.69) is 13.3 Å². The van der Waals surface area contributed by atoms with Crippen molar-refractivity contribution in [3.8, 4) is 0 Å². The van der Waals surface area contributed by atoms with Gasteiger partial charge < -0.3 is 13.3 Å². The second kappa shape index (κ2) is 3.16. The highest BCUT2D eigenvalue weighted by molar-refractivity contribution is 6.51. The monoisotopic (exact) mass is 137 g/mol. The van der Waals surface area contributed by atoms with E-state index in [0.717, 1.165) is 0 Å². The summed E-state index contributed by atoms with van der Waals surface area (Å²) in [6.45, 7) is 0. The Kier molecular flexibility index (Phi) is 3.18. The summed E-state index contributed by atoms with van der Waals surface area (Å²) in [5.41, 5.74) is 0. The van der Waals surface area contributed by atoms with Crippen molar-refractivity contribution in [1.29, 1.82) is 0 Å². The lowest BCUT2D eigenvalue weighted by atomic mass is 11.8. The van der Waals surface area contributed by atoms with Crippen LogP contribution in [0.2, 0.25) is 0 Å². The average molecular weight is 137 g/mol. The molecule has 0 aromatic carbocycles. The topological polar surface area (TPSA) is 47.6 Å². The summed E-state index contributed by atoms with van der Waals surface area (Å²) in [5, 5.41) is 0. The molecule has 4 nitrogen and oxygen atoms in total. The smallest absolute Gasteiger partial charge is 0.353 e. The van der Waals surface area contributed by atoms with Crippen LogP contribution >= 0.6 is 0 Å². The van der Waals surface area contributed by atoms with Crippen LogP contribution in [0.3, 0.4) is 0 Å². The molecular formula is C3H9O4Si. The highest BCUT2D eigenvalue weighted by Gasteiger charge is 2.39. The predicted octanol–water partition coefficient (Wildman–Crippen LogP) is -0.208. The Bertz CT molecular complexity index is 54.0. The predicted molar refractivity (Wildman–Crippen MR) is 27.5 cm³/mol. The fourth-order valence-electron chi connectivity index (χ4n) is 0.250. The van der Waals surface area contributed by atoms with Gasteiger partial charge in [-0.2, -0.15) is 0 Å². The van der Waals surface area contributed by atoms with Gasteiger partial charge in [-0.25, -0.2) is 4.80 Å². The fraction of sp³-hybridized carbons (Fsp3) is 1.00. The van der Waals surface area contributed by atoms with Crippen LogP contribution in [0.15, 0.2) is 0 Å². The molecule has 5 heteroatoms. The van der Waals surface area contributed by atoms with Gasteiger partial charge >= 0.3 is 9.05 Å². The molecule has 0 aliphatic carbocycles.